The second kappa shape index (κ2) is 9.19. The number of hydrogen-bond acceptors (Lipinski definition) is 5. The smallest absolute Gasteiger partial charge is 0.140 e. The van der Waals surface area contributed by atoms with Crippen LogP contribution in [-0.4, -0.2) is 31.9 Å². The molecule has 0 fully saturated rings. The Balaban J connectivity index is 1.79. The second-order valence-corrected chi connectivity index (χ2v) is 7.17. The molecule has 0 aliphatic heterocycles. The summed E-state index contributed by atoms with van der Waals surface area (Å²) in [7, 11) is 0. The average Bonchev–Trinajstić information content (AvgIpc) is 3.14. The van der Waals surface area contributed by atoms with Gasteiger partial charge in [0, 0.05) is 36.2 Å². The number of phenolic OH excluding ortho intramolecular Hbond substituents is 1. The second-order valence-electron chi connectivity index (χ2n) is 7.17. The summed E-state index contributed by atoms with van der Waals surface area (Å²) in [6.45, 7) is 11.0. The van der Waals surface area contributed by atoms with Crippen molar-refractivity contribution in [3.05, 3.63) is 78.5 Å². The van der Waals surface area contributed by atoms with Gasteiger partial charge in [-0.2, -0.15) is 0 Å². The fraction of sp³-hybridized carbons (Fsp3) is 0.261. The van der Waals surface area contributed by atoms with Crippen LogP contribution in [0.15, 0.2) is 66.7 Å². The van der Waals surface area contributed by atoms with E-state index in [1.165, 1.54) is 0 Å². The van der Waals surface area contributed by atoms with Crippen molar-refractivity contribution in [1.29, 1.82) is 0 Å². The van der Waals surface area contributed by atoms with E-state index in [0.29, 0.717) is 6.54 Å². The molecule has 0 radical (unpaired) electrons. The first kappa shape index (κ1) is 20.3. The molecule has 0 atom stereocenters. The van der Waals surface area contributed by atoms with E-state index < -0.39 is 0 Å². The van der Waals surface area contributed by atoms with Crippen molar-refractivity contribution < 1.29 is 5.11 Å². The van der Waals surface area contributed by atoms with Crippen molar-refractivity contribution in [2.45, 2.75) is 33.2 Å². The quantitative estimate of drug-likeness (QED) is 0.548. The molecule has 0 amide bonds. The Labute approximate surface area is 171 Å². The highest BCUT2D eigenvalue weighted by molar-refractivity contribution is 6.02. The summed E-state index contributed by atoms with van der Waals surface area (Å²) in [6, 6.07) is 11.3. The predicted molar refractivity (Wildman–Crippen MR) is 118 cm³/mol. The molecular weight excluding hydrogens is 362 g/mol. The molecule has 0 bridgehead atoms. The van der Waals surface area contributed by atoms with E-state index in [9.17, 15) is 5.11 Å². The Bertz CT molecular complexity index is 988. The molecule has 3 rings (SSSR count). The largest absolute Gasteiger partial charge is 0.508 e. The summed E-state index contributed by atoms with van der Waals surface area (Å²) < 4.78 is 2.08. The Morgan fingerprint density at radius 1 is 1.17 bits per heavy atom. The van der Waals surface area contributed by atoms with Crippen LogP contribution < -0.4 is 5.32 Å². The molecule has 6 heteroatoms. The van der Waals surface area contributed by atoms with Gasteiger partial charge in [-0.1, -0.05) is 18.7 Å². The standard InChI is InChI=1S/C23H27N5O/c1-16(2)28-15-26-22(23(28)27-17(3)20-10-12-24-13-11-20)18(4)25-14-9-19-5-7-21(29)8-6-19/h5-8,10-13,15-16,27,29H,3,9,14H2,1-2,4H3. The number of imidazole rings is 1. The van der Waals surface area contributed by atoms with Gasteiger partial charge in [0.1, 0.15) is 17.3 Å². The summed E-state index contributed by atoms with van der Waals surface area (Å²) >= 11 is 0. The number of pyridine rings is 1. The fourth-order valence-corrected chi connectivity index (χ4v) is 3.00. The lowest BCUT2D eigenvalue weighted by molar-refractivity contribution is 0.475. The highest BCUT2D eigenvalue weighted by atomic mass is 16.3. The number of hydrogen-bond donors (Lipinski definition) is 2. The van der Waals surface area contributed by atoms with Gasteiger partial charge in [-0.05, 0) is 57.0 Å². The van der Waals surface area contributed by atoms with E-state index in [0.717, 1.165) is 40.5 Å². The maximum absolute atomic E-state index is 9.40. The molecule has 2 N–H and O–H groups in total. The topological polar surface area (TPSA) is 75.3 Å². The van der Waals surface area contributed by atoms with E-state index in [-0.39, 0.29) is 11.8 Å². The van der Waals surface area contributed by atoms with Gasteiger partial charge in [0.15, 0.2) is 0 Å². The maximum Gasteiger partial charge on any atom is 0.140 e. The van der Waals surface area contributed by atoms with Crippen LogP contribution in [0.2, 0.25) is 0 Å². The van der Waals surface area contributed by atoms with Crippen LogP contribution >= 0.6 is 0 Å². The third-order valence-electron chi connectivity index (χ3n) is 4.68. The monoisotopic (exact) mass is 389 g/mol. The van der Waals surface area contributed by atoms with Gasteiger partial charge in [-0.3, -0.25) is 9.98 Å². The lowest BCUT2D eigenvalue weighted by atomic mass is 10.1. The van der Waals surface area contributed by atoms with Gasteiger partial charge >= 0.3 is 0 Å². The molecule has 0 unspecified atom stereocenters. The number of aromatic nitrogens is 3. The molecule has 2 heterocycles. The van der Waals surface area contributed by atoms with Gasteiger partial charge in [0.25, 0.3) is 0 Å². The van der Waals surface area contributed by atoms with Gasteiger partial charge in [-0.25, -0.2) is 4.98 Å². The van der Waals surface area contributed by atoms with Crippen LogP contribution in [0, 0.1) is 0 Å². The van der Waals surface area contributed by atoms with Crippen molar-refractivity contribution >= 4 is 17.2 Å². The maximum atomic E-state index is 9.40. The van der Waals surface area contributed by atoms with Gasteiger partial charge in [0.2, 0.25) is 0 Å². The van der Waals surface area contributed by atoms with Crippen molar-refractivity contribution in [2.75, 3.05) is 11.9 Å². The third kappa shape index (κ3) is 5.10. The van der Waals surface area contributed by atoms with Gasteiger partial charge in [-0.15, -0.1) is 0 Å². The molecule has 150 valence electrons. The highest BCUT2D eigenvalue weighted by Gasteiger charge is 2.16. The van der Waals surface area contributed by atoms with E-state index in [1.54, 1.807) is 24.5 Å². The van der Waals surface area contributed by atoms with Gasteiger partial charge < -0.3 is 15.0 Å². The molecule has 0 spiro atoms. The summed E-state index contributed by atoms with van der Waals surface area (Å²) in [5.74, 6) is 1.16. The zero-order valence-electron chi connectivity index (χ0n) is 17.1. The Morgan fingerprint density at radius 3 is 2.52 bits per heavy atom. The van der Waals surface area contributed by atoms with Crippen LogP contribution in [0.3, 0.4) is 0 Å². The number of nitrogens with zero attached hydrogens (tertiary/aromatic N) is 4. The molecule has 0 aliphatic rings. The van der Waals surface area contributed by atoms with Crippen molar-refractivity contribution in [2.24, 2.45) is 4.99 Å². The first-order valence-corrected chi connectivity index (χ1v) is 9.68. The van der Waals surface area contributed by atoms with Crippen molar-refractivity contribution in [3.63, 3.8) is 0 Å². The number of aliphatic imine (C=N–C) groups is 1. The van der Waals surface area contributed by atoms with Gasteiger partial charge in [0.05, 0.1) is 12.0 Å². The molecule has 29 heavy (non-hydrogen) atoms. The normalized spacial score (nSPS) is 11.7. The predicted octanol–water partition coefficient (Wildman–Crippen LogP) is 4.70. The molecule has 6 nitrogen and oxygen atoms in total. The Kier molecular flexibility index (Phi) is 6.44. The summed E-state index contributed by atoms with van der Waals surface area (Å²) in [5.41, 5.74) is 4.58. The summed E-state index contributed by atoms with van der Waals surface area (Å²) in [5, 5.41) is 12.8. The summed E-state index contributed by atoms with van der Waals surface area (Å²) in [4.78, 5) is 13.4. The molecule has 0 saturated carbocycles. The third-order valence-corrected chi connectivity index (χ3v) is 4.68. The first-order chi connectivity index (χ1) is 14.0. The zero-order chi connectivity index (χ0) is 20.8. The molecule has 3 aromatic rings. The molecule has 0 saturated heterocycles. The van der Waals surface area contributed by atoms with Crippen molar-refractivity contribution in [3.8, 4) is 5.75 Å². The number of aromatic hydroxyl groups is 1. The minimum atomic E-state index is 0.244. The molecule has 1 aromatic carbocycles. The lowest BCUT2D eigenvalue weighted by Crippen LogP contribution is -2.10. The summed E-state index contributed by atoms with van der Waals surface area (Å²) in [6.07, 6.45) is 6.13. The molecule has 0 aliphatic carbocycles. The number of anilines is 1. The number of phenols is 1. The Hall–Kier alpha value is -3.41. The first-order valence-electron chi connectivity index (χ1n) is 9.68. The Morgan fingerprint density at radius 2 is 1.86 bits per heavy atom. The van der Waals surface area contributed by atoms with Crippen LogP contribution in [0.5, 0.6) is 5.75 Å². The van der Waals surface area contributed by atoms with Crippen molar-refractivity contribution in [1.82, 2.24) is 14.5 Å². The molecule has 2 aromatic heterocycles. The van der Waals surface area contributed by atoms with E-state index in [4.69, 9.17) is 4.99 Å². The number of rotatable bonds is 8. The van der Waals surface area contributed by atoms with Crippen LogP contribution in [-0.2, 0) is 6.42 Å². The van der Waals surface area contributed by atoms with Crippen LogP contribution in [0.1, 0.15) is 43.6 Å². The lowest BCUT2D eigenvalue weighted by Gasteiger charge is -2.16. The number of benzene rings is 1. The van der Waals surface area contributed by atoms with E-state index in [1.807, 2.05) is 37.5 Å². The fourth-order valence-electron chi connectivity index (χ4n) is 3.00. The van der Waals surface area contributed by atoms with Crippen LogP contribution in [0.25, 0.3) is 5.70 Å². The average molecular weight is 390 g/mol. The number of nitrogens with one attached hydrogen (secondary N) is 1. The minimum absolute atomic E-state index is 0.244. The zero-order valence-corrected chi connectivity index (χ0v) is 17.1. The molecular formula is C23H27N5O. The minimum Gasteiger partial charge on any atom is -0.508 e. The van der Waals surface area contributed by atoms with E-state index >= 15 is 0 Å². The van der Waals surface area contributed by atoms with Crippen LogP contribution in [0.4, 0.5) is 5.82 Å². The SMILES string of the molecule is C=C(Nc1c(C(C)=NCCc2ccc(O)cc2)ncn1C(C)C)c1ccncc1. The highest BCUT2D eigenvalue weighted by Crippen LogP contribution is 2.24. The van der Waals surface area contributed by atoms with E-state index in [2.05, 4.69) is 40.3 Å².